The van der Waals surface area contributed by atoms with E-state index >= 15 is 0 Å². The van der Waals surface area contributed by atoms with Crippen LogP contribution < -0.4 is 10.6 Å². The van der Waals surface area contributed by atoms with E-state index in [-0.39, 0.29) is 0 Å². The van der Waals surface area contributed by atoms with Crippen LogP contribution in [0.1, 0.15) is 31.7 Å². The Kier molecular flexibility index (Phi) is 4.20. The summed E-state index contributed by atoms with van der Waals surface area (Å²) in [6.45, 7) is 5.50. The van der Waals surface area contributed by atoms with Crippen LogP contribution in [0.5, 0.6) is 0 Å². The van der Waals surface area contributed by atoms with Crippen LogP contribution in [-0.4, -0.2) is 28.8 Å². The van der Waals surface area contributed by atoms with Crippen LogP contribution in [0.4, 0.5) is 5.69 Å². The number of nitrogens with one attached hydrogen (secondary N) is 2. The number of anilines is 1. The minimum Gasteiger partial charge on any atom is -0.423 e. The summed E-state index contributed by atoms with van der Waals surface area (Å²) in [4.78, 5) is 0. The molecule has 5 heteroatoms. The predicted octanol–water partition coefficient (Wildman–Crippen LogP) is 2.99. The molecule has 0 spiro atoms. The zero-order valence-electron chi connectivity index (χ0n) is 12.6. The number of nitrogens with zero attached hydrogens (tertiary/aromatic N) is 2. The Labute approximate surface area is 125 Å². The van der Waals surface area contributed by atoms with Crippen molar-refractivity contribution < 1.29 is 4.42 Å². The van der Waals surface area contributed by atoms with Crippen LogP contribution in [0, 0.1) is 6.92 Å². The molecule has 1 aromatic heterocycles. The molecular weight excluding hydrogens is 264 g/mol. The van der Waals surface area contributed by atoms with Gasteiger partial charge in [0.25, 0.3) is 0 Å². The van der Waals surface area contributed by atoms with Crippen LogP contribution in [-0.2, 0) is 0 Å². The Balaban J connectivity index is 1.65. The van der Waals surface area contributed by atoms with Crippen molar-refractivity contribution in [2.45, 2.75) is 45.2 Å². The van der Waals surface area contributed by atoms with Crippen LogP contribution in [0.15, 0.2) is 29.0 Å². The van der Waals surface area contributed by atoms with Gasteiger partial charge in [0.15, 0.2) is 0 Å². The number of hydrogen-bond acceptors (Lipinski definition) is 5. The smallest absolute Gasteiger partial charge is 0.247 e. The van der Waals surface area contributed by atoms with Crippen molar-refractivity contribution in [3.8, 4) is 11.5 Å². The maximum absolute atomic E-state index is 5.23. The maximum atomic E-state index is 5.23. The van der Waals surface area contributed by atoms with Gasteiger partial charge in [0.05, 0.1) is 0 Å². The summed E-state index contributed by atoms with van der Waals surface area (Å²) < 4.78 is 5.23. The summed E-state index contributed by atoms with van der Waals surface area (Å²) in [5.74, 6) is 0.563. The molecule has 21 heavy (non-hydrogen) atoms. The second-order valence-corrected chi connectivity index (χ2v) is 5.85. The third-order valence-corrected chi connectivity index (χ3v) is 4.04. The summed E-state index contributed by atoms with van der Waals surface area (Å²) in [6, 6.07) is 7.30. The van der Waals surface area contributed by atoms with E-state index < -0.39 is 0 Å². The van der Waals surface area contributed by atoms with Gasteiger partial charge in [-0.15, -0.1) is 10.2 Å². The van der Waals surface area contributed by atoms with E-state index in [0.29, 0.717) is 18.0 Å². The molecule has 0 radical (unpaired) electrons. The fourth-order valence-electron chi connectivity index (χ4n) is 2.97. The molecule has 2 aromatic rings. The summed E-state index contributed by atoms with van der Waals surface area (Å²) >= 11 is 0. The molecule has 112 valence electrons. The van der Waals surface area contributed by atoms with Crippen molar-refractivity contribution in [2.24, 2.45) is 0 Å². The van der Waals surface area contributed by atoms with Crippen LogP contribution >= 0.6 is 0 Å². The molecule has 1 aromatic carbocycles. The van der Waals surface area contributed by atoms with Gasteiger partial charge in [0, 0.05) is 23.3 Å². The normalized spacial score (nSPS) is 19.6. The van der Waals surface area contributed by atoms with Crippen molar-refractivity contribution in [3.05, 3.63) is 30.2 Å². The van der Waals surface area contributed by atoms with Crippen molar-refractivity contribution in [1.82, 2.24) is 15.5 Å². The number of aromatic nitrogens is 2. The Morgan fingerprint density at radius 1 is 1.48 bits per heavy atom. The van der Waals surface area contributed by atoms with E-state index in [4.69, 9.17) is 4.42 Å². The molecule has 2 heterocycles. The third kappa shape index (κ3) is 3.42. The lowest BCUT2D eigenvalue weighted by molar-refractivity contribution is 0.523. The van der Waals surface area contributed by atoms with Crippen LogP contribution in [0.2, 0.25) is 0 Å². The highest BCUT2D eigenvalue weighted by Gasteiger charge is 2.17. The van der Waals surface area contributed by atoms with Gasteiger partial charge in [0.2, 0.25) is 12.3 Å². The first-order chi connectivity index (χ1) is 10.2. The largest absolute Gasteiger partial charge is 0.423 e. The standard InChI is InChI=1S/C16H22N4O/c1-11-8-13(16-20-18-10-21-16)5-6-15(11)19-12(2)9-14-4-3-7-17-14/h5-6,8,10,12,14,17,19H,3-4,7,9H2,1-2H3. The van der Waals surface area contributed by atoms with E-state index in [9.17, 15) is 0 Å². The maximum Gasteiger partial charge on any atom is 0.247 e. The molecule has 2 unspecified atom stereocenters. The van der Waals surface area contributed by atoms with Crippen molar-refractivity contribution in [3.63, 3.8) is 0 Å². The third-order valence-electron chi connectivity index (χ3n) is 4.04. The van der Waals surface area contributed by atoms with Gasteiger partial charge in [-0.1, -0.05) is 0 Å². The number of rotatable bonds is 5. The predicted molar refractivity (Wildman–Crippen MR) is 83.2 cm³/mol. The zero-order valence-corrected chi connectivity index (χ0v) is 12.6. The molecule has 5 nitrogen and oxygen atoms in total. The van der Waals surface area contributed by atoms with Gasteiger partial charge in [-0.3, -0.25) is 0 Å². The van der Waals surface area contributed by atoms with E-state index in [1.807, 2.05) is 6.07 Å². The highest BCUT2D eigenvalue weighted by Crippen LogP contribution is 2.24. The van der Waals surface area contributed by atoms with Gasteiger partial charge >= 0.3 is 0 Å². The molecule has 1 aliphatic heterocycles. The summed E-state index contributed by atoms with van der Waals surface area (Å²) in [5.41, 5.74) is 3.32. The topological polar surface area (TPSA) is 63.0 Å². The van der Waals surface area contributed by atoms with Gasteiger partial charge in [0.1, 0.15) is 0 Å². The molecule has 0 aliphatic carbocycles. The van der Waals surface area contributed by atoms with E-state index in [2.05, 4.69) is 46.8 Å². The SMILES string of the molecule is Cc1cc(-c2nnco2)ccc1NC(C)CC1CCCN1. The van der Waals surface area contributed by atoms with Gasteiger partial charge < -0.3 is 15.1 Å². The lowest BCUT2D eigenvalue weighted by Crippen LogP contribution is -2.29. The molecule has 0 bridgehead atoms. The Bertz CT molecular complexity index is 576. The zero-order chi connectivity index (χ0) is 14.7. The first kappa shape index (κ1) is 14.1. The quantitative estimate of drug-likeness (QED) is 0.884. The van der Waals surface area contributed by atoms with Gasteiger partial charge in [-0.25, -0.2) is 0 Å². The minimum absolute atomic E-state index is 0.452. The van der Waals surface area contributed by atoms with Crippen molar-refractivity contribution >= 4 is 5.69 Å². The number of aryl methyl sites for hydroxylation is 1. The summed E-state index contributed by atoms with van der Waals surface area (Å²) in [6.07, 6.45) is 5.11. The molecular formula is C16H22N4O. The fourth-order valence-corrected chi connectivity index (χ4v) is 2.97. The Morgan fingerprint density at radius 3 is 3.05 bits per heavy atom. The van der Waals surface area contributed by atoms with Crippen molar-refractivity contribution in [2.75, 3.05) is 11.9 Å². The lowest BCUT2D eigenvalue weighted by Gasteiger charge is -2.20. The molecule has 2 atom stereocenters. The summed E-state index contributed by atoms with van der Waals surface area (Å²) in [7, 11) is 0. The first-order valence-electron chi connectivity index (χ1n) is 7.59. The van der Waals surface area contributed by atoms with Gasteiger partial charge in [-0.2, -0.15) is 0 Å². The molecule has 0 amide bonds. The Morgan fingerprint density at radius 2 is 2.38 bits per heavy atom. The number of hydrogen-bond donors (Lipinski definition) is 2. The molecule has 1 saturated heterocycles. The lowest BCUT2D eigenvalue weighted by atomic mass is 10.0. The van der Waals surface area contributed by atoms with Gasteiger partial charge in [-0.05, 0) is 63.4 Å². The molecule has 2 N–H and O–H groups in total. The second-order valence-electron chi connectivity index (χ2n) is 5.85. The molecule has 0 saturated carbocycles. The molecule has 1 aliphatic rings. The number of benzene rings is 1. The Hall–Kier alpha value is -1.88. The second kappa shape index (κ2) is 6.26. The average molecular weight is 286 g/mol. The first-order valence-corrected chi connectivity index (χ1v) is 7.59. The minimum atomic E-state index is 0.452. The molecule has 3 rings (SSSR count). The summed E-state index contributed by atoms with van der Waals surface area (Å²) in [5, 5.41) is 14.8. The van der Waals surface area contributed by atoms with Crippen molar-refractivity contribution in [1.29, 1.82) is 0 Å². The van der Waals surface area contributed by atoms with E-state index in [0.717, 1.165) is 18.5 Å². The van der Waals surface area contributed by atoms with E-state index in [1.54, 1.807) is 0 Å². The average Bonchev–Trinajstić information content (AvgIpc) is 3.13. The van der Waals surface area contributed by atoms with E-state index in [1.165, 1.54) is 30.5 Å². The highest BCUT2D eigenvalue weighted by atomic mass is 16.4. The monoisotopic (exact) mass is 286 g/mol. The fraction of sp³-hybridized carbons (Fsp3) is 0.500. The molecule has 1 fully saturated rings. The van der Waals surface area contributed by atoms with Crippen LogP contribution in [0.25, 0.3) is 11.5 Å². The highest BCUT2D eigenvalue weighted by molar-refractivity contribution is 5.62. The van der Waals surface area contributed by atoms with Crippen LogP contribution in [0.3, 0.4) is 0 Å².